The summed E-state index contributed by atoms with van der Waals surface area (Å²) in [6, 6.07) is 7.07. The zero-order chi connectivity index (χ0) is 13.7. The fraction of sp³-hybridized carbons (Fsp3) is 0.571. The van der Waals surface area contributed by atoms with Gasteiger partial charge < -0.3 is 14.8 Å². The predicted molar refractivity (Wildman–Crippen MR) is 69.7 cm³/mol. The highest BCUT2D eigenvalue weighted by Gasteiger charge is 2.20. The standard InChI is InChI=1S/C14H19F2NO2/c1-18-12-7-5-10(6-8-12)17-11-3-2-4-13(9-11)19-14(15)16/h2-4,9-10,12,14,17H,5-8H2,1H3. The van der Waals surface area contributed by atoms with E-state index < -0.39 is 6.61 Å². The maximum absolute atomic E-state index is 12.1. The fourth-order valence-corrected chi connectivity index (χ4v) is 2.44. The quantitative estimate of drug-likeness (QED) is 0.886. The number of benzene rings is 1. The lowest BCUT2D eigenvalue weighted by Crippen LogP contribution is -2.29. The zero-order valence-electron chi connectivity index (χ0n) is 10.9. The van der Waals surface area contributed by atoms with Gasteiger partial charge in [0, 0.05) is 24.9 Å². The topological polar surface area (TPSA) is 30.5 Å². The molecule has 1 aliphatic carbocycles. The second-order valence-electron chi connectivity index (χ2n) is 4.76. The van der Waals surface area contributed by atoms with Crippen molar-refractivity contribution in [2.75, 3.05) is 12.4 Å². The van der Waals surface area contributed by atoms with Gasteiger partial charge >= 0.3 is 6.61 Å². The van der Waals surface area contributed by atoms with E-state index in [2.05, 4.69) is 10.1 Å². The molecule has 0 aromatic heterocycles. The molecule has 0 heterocycles. The number of hydrogen-bond donors (Lipinski definition) is 1. The Morgan fingerprint density at radius 3 is 2.58 bits per heavy atom. The molecule has 0 spiro atoms. The van der Waals surface area contributed by atoms with E-state index >= 15 is 0 Å². The van der Waals surface area contributed by atoms with Crippen LogP contribution in [0.1, 0.15) is 25.7 Å². The maximum atomic E-state index is 12.1. The number of methoxy groups -OCH3 is 1. The minimum atomic E-state index is -2.78. The maximum Gasteiger partial charge on any atom is 0.387 e. The molecule has 0 bridgehead atoms. The van der Waals surface area contributed by atoms with Crippen LogP contribution in [-0.4, -0.2) is 25.9 Å². The average molecular weight is 271 g/mol. The van der Waals surface area contributed by atoms with Crippen molar-refractivity contribution >= 4 is 5.69 Å². The average Bonchev–Trinajstić information content (AvgIpc) is 2.39. The van der Waals surface area contributed by atoms with E-state index in [-0.39, 0.29) is 5.75 Å². The molecular formula is C14H19F2NO2. The van der Waals surface area contributed by atoms with Gasteiger partial charge in [-0.2, -0.15) is 8.78 Å². The van der Waals surface area contributed by atoms with Crippen LogP contribution >= 0.6 is 0 Å². The first kappa shape index (κ1) is 14.1. The molecule has 0 amide bonds. The summed E-state index contributed by atoms with van der Waals surface area (Å²) in [6.07, 6.45) is 4.46. The second-order valence-corrected chi connectivity index (χ2v) is 4.76. The number of ether oxygens (including phenoxy) is 2. The van der Waals surface area contributed by atoms with Gasteiger partial charge in [0.15, 0.2) is 0 Å². The van der Waals surface area contributed by atoms with E-state index in [1.54, 1.807) is 19.2 Å². The van der Waals surface area contributed by atoms with Crippen LogP contribution in [0.4, 0.5) is 14.5 Å². The van der Waals surface area contributed by atoms with Crippen molar-refractivity contribution in [3.63, 3.8) is 0 Å². The monoisotopic (exact) mass is 271 g/mol. The zero-order valence-corrected chi connectivity index (χ0v) is 10.9. The molecule has 1 N–H and O–H groups in total. The third-order valence-corrected chi connectivity index (χ3v) is 3.44. The Bertz CT molecular complexity index is 393. The molecule has 1 aromatic rings. The normalized spacial score (nSPS) is 23.4. The molecule has 1 aromatic carbocycles. The van der Waals surface area contributed by atoms with E-state index in [0.29, 0.717) is 12.1 Å². The Kier molecular flexibility index (Phi) is 4.96. The van der Waals surface area contributed by atoms with Crippen LogP contribution in [0.5, 0.6) is 5.75 Å². The molecule has 0 atom stereocenters. The van der Waals surface area contributed by atoms with E-state index in [1.165, 1.54) is 6.07 Å². The molecule has 0 saturated heterocycles. The summed E-state index contributed by atoms with van der Waals surface area (Å²) in [5, 5.41) is 3.36. The summed E-state index contributed by atoms with van der Waals surface area (Å²) in [6.45, 7) is -2.78. The molecule has 1 fully saturated rings. The van der Waals surface area contributed by atoms with Crippen molar-refractivity contribution in [2.24, 2.45) is 0 Å². The summed E-state index contributed by atoms with van der Waals surface area (Å²) in [5.74, 6) is 0.186. The largest absolute Gasteiger partial charge is 0.435 e. The molecule has 5 heteroatoms. The van der Waals surface area contributed by atoms with Crippen LogP contribution in [0.25, 0.3) is 0 Å². The molecule has 2 rings (SSSR count). The minimum absolute atomic E-state index is 0.186. The summed E-state index contributed by atoms with van der Waals surface area (Å²) in [7, 11) is 1.74. The minimum Gasteiger partial charge on any atom is -0.435 e. The Hall–Kier alpha value is -1.36. The Labute approximate surface area is 111 Å². The van der Waals surface area contributed by atoms with Crippen molar-refractivity contribution in [1.29, 1.82) is 0 Å². The van der Waals surface area contributed by atoms with Crippen LogP contribution in [0.2, 0.25) is 0 Å². The number of hydrogen-bond acceptors (Lipinski definition) is 3. The number of rotatable bonds is 5. The van der Waals surface area contributed by atoms with Crippen LogP contribution in [0.3, 0.4) is 0 Å². The summed E-state index contributed by atoms with van der Waals surface area (Å²) in [5.41, 5.74) is 0.819. The van der Waals surface area contributed by atoms with Crippen LogP contribution in [0, 0.1) is 0 Å². The summed E-state index contributed by atoms with van der Waals surface area (Å²) >= 11 is 0. The third-order valence-electron chi connectivity index (χ3n) is 3.44. The highest BCUT2D eigenvalue weighted by atomic mass is 19.3. The lowest BCUT2D eigenvalue weighted by molar-refractivity contribution is -0.0498. The second kappa shape index (κ2) is 6.70. The molecule has 0 unspecified atom stereocenters. The lowest BCUT2D eigenvalue weighted by Gasteiger charge is -2.29. The SMILES string of the molecule is COC1CCC(Nc2cccc(OC(F)F)c2)CC1. The molecule has 3 nitrogen and oxygen atoms in total. The van der Waals surface area contributed by atoms with Crippen molar-refractivity contribution in [2.45, 2.75) is 44.4 Å². The van der Waals surface area contributed by atoms with E-state index in [4.69, 9.17) is 4.74 Å². The number of alkyl halides is 2. The first-order valence-electron chi connectivity index (χ1n) is 6.51. The molecule has 106 valence electrons. The van der Waals surface area contributed by atoms with Crippen LogP contribution in [-0.2, 0) is 4.74 Å². The first-order chi connectivity index (χ1) is 9.17. The van der Waals surface area contributed by atoms with E-state index in [0.717, 1.165) is 31.4 Å². The highest BCUT2D eigenvalue weighted by Crippen LogP contribution is 2.25. The van der Waals surface area contributed by atoms with E-state index in [1.807, 2.05) is 6.07 Å². The van der Waals surface area contributed by atoms with Crippen molar-refractivity contribution in [1.82, 2.24) is 0 Å². The summed E-state index contributed by atoms with van der Waals surface area (Å²) in [4.78, 5) is 0. The first-order valence-corrected chi connectivity index (χ1v) is 6.51. The van der Waals surface area contributed by atoms with Crippen molar-refractivity contribution < 1.29 is 18.3 Å². The lowest BCUT2D eigenvalue weighted by atomic mass is 9.93. The van der Waals surface area contributed by atoms with Gasteiger partial charge in [0.25, 0.3) is 0 Å². The van der Waals surface area contributed by atoms with Gasteiger partial charge in [-0.15, -0.1) is 0 Å². The Morgan fingerprint density at radius 2 is 1.95 bits per heavy atom. The van der Waals surface area contributed by atoms with Gasteiger partial charge in [0.1, 0.15) is 5.75 Å². The molecule has 1 saturated carbocycles. The van der Waals surface area contributed by atoms with Crippen molar-refractivity contribution in [3.8, 4) is 5.75 Å². The molecule has 19 heavy (non-hydrogen) atoms. The van der Waals surface area contributed by atoms with Crippen LogP contribution < -0.4 is 10.1 Å². The fourth-order valence-electron chi connectivity index (χ4n) is 2.44. The highest BCUT2D eigenvalue weighted by molar-refractivity contribution is 5.48. The van der Waals surface area contributed by atoms with Crippen LogP contribution in [0.15, 0.2) is 24.3 Å². The van der Waals surface area contributed by atoms with Gasteiger partial charge in [-0.1, -0.05) is 6.07 Å². The third kappa shape index (κ3) is 4.35. The number of halogens is 2. The Morgan fingerprint density at radius 1 is 1.21 bits per heavy atom. The molecular weight excluding hydrogens is 252 g/mol. The molecule has 0 radical (unpaired) electrons. The molecule has 0 aliphatic heterocycles. The smallest absolute Gasteiger partial charge is 0.387 e. The number of nitrogens with one attached hydrogen (secondary N) is 1. The van der Waals surface area contributed by atoms with Gasteiger partial charge in [-0.3, -0.25) is 0 Å². The number of anilines is 1. The van der Waals surface area contributed by atoms with Gasteiger partial charge in [-0.05, 0) is 37.8 Å². The Balaban J connectivity index is 1.89. The van der Waals surface area contributed by atoms with Gasteiger partial charge in [0.05, 0.1) is 6.10 Å². The van der Waals surface area contributed by atoms with Crippen molar-refractivity contribution in [3.05, 3.63) is 24.3 Å². The van der Waals surface area contributed by atoms with Gasteiger partial charge in [-0.25, -0.2) is 0 Å². The predicted octanol–water partition coefficient (Wildman–Crippen LogP) is 3.66. The van der Waals surface area contributed by atoms with Gasteiger partial charge in [0.2, 0.25) is 0 Å². The summed E-state index contributed by atoms with van der Waals surface area (Å²) < 4.78 is 34.0. The molecule has 1 aliphatic rings. The van der Waals surface area contributed by atoms with E-state index in [9.17, 15) is 8.78 Å².